The van der Waals surface area contributed by atoms with Gasteiger partial charge in [-0.1, -0.05) is 0 Å². The minimum absolute atomic E-state index is 0.100. The molecule has 0 amide bonds. The van der Waals surface area contributed by atoms with Gasteiger partial charge in [0, 0.05) is 37.3 Å². The van der Waals surface area contributed by atoms with E-state index in [0.29, 0.717) is 5.92 Å². The van der Waals surface area contributed by atoms with Crippen molar-refractivity contribution in [1.82, 2.24) is 20.4 Å². The fourth-order valence-electron chi connectivity index (χ4n) is 2.83. The van der Waals surface area contributed by atoms with Crippen molar-refractivity contribution in [3.8, 4) is 0 Å². The number of hydrogen-bond acceptors (Lipinski definition) is 4. The van der Waals surface area contributed by atoms with Crippen LogP contribution in [0.2, 0.25) is 0 Å². The smallest absolute Gasteiger partial charge is 0.0697 e. The minimum atomic E-state index is -0.100. The predicted octanol–water partition coefficient (Wildman–Crippen LogP) is 1.08. The Hall–Kier alpha value is -0.910. The average Bonchev–Trinajstić information content (AvgIpc) is 2.85. The average molecular weight is 266 g/mol. The Balaban J connectivity index is 1.93. The van der Waals surface area contributed by atoms with Gasteiger partial charge in [-0.2, -0.15) is 5.10 Å². The van der Waals surface area contributed by atoms with Crippen LogP contribution in [0.4, 0.5) is 0 Å². The number of likely N-dealkylation sites (N-methyl/N-ethyl adjacent to an activating group) is 2. The first kappa shape index (κ1) is 14.5. The molecule has 1 saturated carbocycles. The van der Waals surface area contributed by atoms with Crippen LogP contribution in [0.15, 0.2) is 6.20 Å². The molecule has 5 nitrogen and oxygen atoms in total. The molecular formula is C14H26N4O. The van der Waals surface area contributed by atoms with Gasteiger partial charge in [0.15, 0.2) is 0 Å². The van der Waals surface area contributed by atoms with Gasteiger partial charge in [-0.15, -0.1) is 0 Å². The molecule has 3 N–H and O–H groups in total. The number of aromatic nitrogens is 2. The molecule has 0 bridgehead atoms. The molecule has 1 fully saturated rings. The van der Waals surface area contributed by atoms with Crippen molar-refractivity contribution < 1.29 is 5.11 Å². The highest BCUT2D eigenvalue weighted by Gasteiger charge is 2.24. The lowest BCUT2D eigenvalue weighted by Gasteiger charge is -2.25. The van der Waals surface area contributed by atoms with Crippen LogP contribution >= 0.6 is 0 Å². The van der Waals surface area contributed by atoms with Gasteiger partial charge < -0.3 is 15.3 Å². The van der Waals surface area contributed by atoms with Crippen LogP contribution in [0.1, 0.15) is 42.9 Å². The highest BCUT2D eigenvalue weighted by Crippen LogP contribution is 2.33. The van der Waals surface area contributed by atoms with Crippen molar-refractivity contribution in [3.63, 3.8) is 0 Å². The van der Waals surface area contributed by atoms with E-state index in [1.54, 1.807) is 0 Å². The maximum absolute atomic E-state index is 9.59. The zero-order valence-corrected chi connectivity index (χ0v) is 12.0. The SMILES string of the molecule is CNCCN(C)Cc1c[nH]nc1[C@H]1CC[C@H](O)CC1. The van der Waals surface area contributed by atoms with Crippen LogP contribution in [-0.2, 0) is 6.54 Å². The van der Waals surface area contributed by atoms with Crippen LogP contribution in [0.5, 0.6) is 0 Å². The third kappa shape index (κ3) is 4.03. The molecule has 0 unspecified atom stereocenters. The maximum Gasteiger partial charge on any atom is 0.0697 e. The fraction of sp³-hybridized carbons (Fsp3) is 0.786. The second-order valence-corrected chi connectivity index (χ2v) is 5.64. The summed E-state index contributed by atoms with van der Waals surface area (Å²) in [5, 5.41) is 20.2. The summed E-state index contributed by atoms with van der Waals surface area (Å²) < 4.78 is 0. The Kier molecular flexibility index (Phi) is 5.36. The van der Waals surface area contributed by atoms with E-state index in [2.05, 4.69) is 27.5 Å². The molecule has 2 rings (SSSR count). The summed E-state index contributed by atoms with van der Waals surface area (Å²) in [4.78, 5) is 2.31. The lowest BCUT2D eigenvalue weighted by Crippen LogP contribution is -2.27. The Bertz CT molecular complexity index is 371. The van der Waals surface area contributed by atoms with Gasteiger partial charge in [0.1, 0.15) is 0 Å². The summed E-state index contributed by atoms with van der Waals surface area (Å²) in [5.74, 6) is 0.516. The predicted molar refractivity (Wildman–Crippen MR) is 76.1 cm³/mol. The third-order valence-corrected chi connectivity index (χ3v) is 4.02. The van der Waals surface area contributed by atoms with Gasteiger partial charge in [0.2, 0.25) is 0 Å². The summed E-state index contributed by atoms with van der Waals surface area (Å²) >= 11 is 0. The molecule has 1 aliphatic rings. The highest BCUT2D eigenvalue weighted by atomic mass is 16.3. The summed E-state index contributed by atoms with van der Waals surface area (Å²) in [6.07, 6.45) is 5.85. The molecule has 0 spiro atoms. The number of aliphatic hydroxyl groups excluding tert-OH is 1. The fourth-order valence-corrected chi connectivity index (χ4v) is 2.83. The Morgan fingerprint density at radius 1 is 1.42 bits per heavy atom. The van der Waals surface area contributed by atoms with Crippen molar-refractivity contribution in [1.29, 1.82) is 0 Å². The number of nitrogens with zero attached hydrogens (tertiary/aromatic N) is 2. The quantitative estimate of drug-likeness (QED) is 0.721. The van der Waals surface area contributed by atoms with Crippen LogP contribution in [0.3, 0.4) is 0 Å². The molecule has 5 heteroatoms. The van der Waals surface area contributed by atoms with Crippen molar-refractivity contribution in [2.45, 2.75) is 44.2 Å². The standard InChI is InChI=1S/C14H26N4O/c1-15-7-8-18(2)10-12-9-16-17-14(12)11-3-5-13(19)6-4-11/h9,11,13,15,19H,3-8,10H2,1-2H3,(H,16,17)/t11-,13-. The van der Waals surface area contributed by atoms with Gasteiger partial charge >= 0.3 is 0 Å². The molecule has 1 heterocycles. The zero-order chi connectivity index (χ0) is 13.7. The van der Waals surface area contributed by atoms with Crippen LogP contribution < -0.4 is 5.32 Å². The first-order valence-electron chi connectivity index (χ1n) is 7.24. The first-order valence-corrected chi connectivity index (χ1v) is 7.24. The number of hydrogen-bond donors (Lipinski definition) is 3. The Morgan fingerprint density at radius 2 is 2.16 bits per heavy atom. The van der Waals surface area contributed by atoms with E-state index in [1.165, 1.54) is 11.3 Å². The molecule has 19 heavy (non-hydrogen) atoms. The van der Waals surface area contributed by atoms with Gasteiger partial charge in [-0.05, 0) is 39.8 Å². The van der Waals surface area contributed by atoms with E-state index in [9.17, 15) is 5.11 Å². The summed E-state index contributed by atoms with van der Waals surface area (Å²) in [6.45, 7) is 2.97. The second-order valence-electron chi connectivity index (χ2n) is 5.64. The number of aromatic amines is 1. The zero-order valence-electron chi connectivity index (χ0n) is 12.0. The van der Waals surface area contributed by atoms with Gasteiger partial charge in [0.25, 0.3) is 0 Å². The van der Waals surface area contributed by atoms with E-state index in [1.807, 2.05) is 13.2 Å². The highest BCUT2D eigenvalue weighted by molar-refractivity contribution is 5.21. The largest absolute Gasteiger partial charge is 0.393 e. The van der Waals surface area contributed by atoms with E-state index in [4.69, 9.17) is 0 Å². The first-order chi connectivity index (χ1) is 9.20. The minimum Gasteiger partial charge on any atom is -0.393 e. The lowest BCUT2D eigenvalue weighted by molar-refractivity contribution is 0.121. The van der Waals surface area contributed by atoms with Gasteiger partial charge in [0.05, 0.1) is 11.8 Å². The van der Waals surface area contributed by atoms with Crippen molar-refractivity contribution in [3.05, 3.63) is 17.5 Å². The van der Waals surface area contributed by atoms with E-state index >= 15 is 0 Å². The van der Waals surface area contributed by atoms with Crippen molar-refractivity contribution in [2.24, 2.45) is 0 Å². The number of aliphatic hydroxyl groups is 1. The molecule has 0 saturated heterocycles. The Labute approximate surface area is 115 Å². The van der Waals surface area contributed by atoms with Crippen molar-refractivity contribution >= 4 is 0 Å². The van der Waals surface area contributed by atoms with Gasteiger partial charge in [-0.25, -0.2) is 0 Å². The normalized spacial score (nSPS) is 24.0. The number of nitrogens with one attached hydrogen (secondary N) is 2. The summed E-state index contributed by atoms with van der Waals surface area (Å²) in [5.41, 5.74) is 2.52. The van der Waals surface area contributed by atoms with Crippen LogP contribution in [0, 0.1) is 0 Å². The van der Waals surface area contributed by atoms with E-state index < -0.39 is 0 Å². The maximum atomic E-state index is 9.59. The number of H-pyrrole nitrogens is 1. The molecule has 1 aromatic heterocycles. The lowest BCUT2D eigenvalue weighted by atomic mass is 9.84. The van der Waals surface area contributed by atoms with Gasteiger partial charge in [-0.3, -0.25) is 5.10 Å². The van der Waals surface area contributed by atoms with Crippen LogP contribution in [-0.4, -0.2) is 53.5 Å². The molecule has 108 valence electrons. The third-order valence-electron chi connectivity index (χ3n) is 4.02. The molecule has 0 aliphatic heterocycles. The topological polar surface area (TPSA) is 64.2 Å². The molecular weight excluding hydrogens is 240 g/mol. The second kappa shape index (κ2) is 7.03. The molecule has 0 atom stereocenters. The monoisotopic (exact) mass is 266 g/mol. The Morgan fingerprint density at radius 3 is 2.84 bits per heavy atom. The molecule has 1 aliphatic carbocycles. The number of rotatable bonds is 6. The summed E-state index contributed by atoms with van der Waals surface area (Å²) in [7, 11) is 4.11. The summed E-state index contributed by atoms with van der Waals surface area (Å²) in [6, 6.07) is 0. The molecule has 0 aromatic carbocycles. The van der Waals surface area contributed by atoms with E-state index in [-0.39, 0.29) is 6.10 Å². The molecule has 1 aromatic rings. The van der Waals surface area contributed by atoms with Crippen molar-refractivity contribution in [2.75, 3.05) is 27.2 Å². The van der Waals surface area contributed by atoms with E-state index in [0.717, 1.165) is 45.3 Å². The molecule has 0 radical (unpaired) electrons. The van der Waals surface area contributed by atoms with Crippen LogP contribution in [0.25, 0.3) is 0 Å².